The van der Waals surface area contributed by atoms with Crippen LogP contribution in [0.1, 0.15) is 51.9 Å². The molecule has 18 heavy (non-hydrogen) atoms. The molecule has 2 aliphatic rings. The highest BCUT2D eigenvalue weighted by atomic mass is 16.3. The number of amides is 2. The largest absolute Gasteiger partial charge is 0.388 e. The Hall–Kier alpha value is -0.770. The van der Waals surface area contributed by atoms with Gasteiger partial charge in [-0.1, -0.05) is 26.2 Å². The molecule has 2 fully saturated rings. The van der Waals surface area contributed by atoms with E-state index < -0.39 is 5.60 Å². The molecule has 0 aromatic carbocycles. The first-order valence-corrected chi connectivity index (χ1v) is 7.33. The van der Waals surface area contributed by atoms with Crippen molar-refractivity contribution in [3.8, 4) is 0 Å². The maximum atomic E-state index is 11.6. The van der Waals surface area contributed by atoms with E-state index in [1.165, 1.54) is 25.7 Å². The molecule has 2 amide bonds. The predicted molar refractivity (Wildman–Crippen MR) is 71.3 cm³/mol. The molecule has 4 heteroatoms. The molecule has 0 aromatic rings. The molecule has 0 aliphatic heterocycles. The highest BCUT2D eigenvalue weighted by Crippen LogP contribution is 2.30. The second-order valence-corrected chi connectivity index (χ2v) is 6.16. The highest BCUT2D eigenvalue weighted by molar-refractivity contribution is 5.73. The summed E-state index contributed by atoms with van der Waals surface area (Å²) < 4.78 is 0. The molecule has 0 spiro atoms. The van der Waals surface area contributed by atoms with Crippen molar-refractivity contribution >= 4 is 6.03 Å². The van der Waals surface area contributed by atoms with Crippen LogP contribution in [0.3, 0.4) is 0 Å². The summed E-state index contributed by atoms with van der Waals surface area (Å²) in [5.74, 6) is 1.34. The lowest BCUT2D eigenvalue weighted by atomic mass is 9.80. The minimum Gasteiger partial charge on any atom is -0.388 e. The van der Waals surface area contributed by atoms with Crippen LogP contribution in [0.4, 0.5) is 4.79 Å². The van der Waals surface area contributed by atoms with Crippen LogP contribution in [0.15, 0.2) is 0 Å². The number of nitrogens with one attached hydrogen (secondary N) is 2. The van der Waals surface area contributed by atoms with Gasteiger partial charge in [0.05, 0.1) is 5.60 Å². The molecule has 2 unspecified atom stereocenters. The molecule has 2 saturated carbocycles. The molecule has 0 radical (unpaired) electrons. The molecule has 2 atom stereocenters. The molecule has 104 valence electrons. The SMILES string of the molecule is CC1CCCCC1CNC(=O)NCC1(O)CCC1. The van der Waals surface area contributed by atoms with E-state index in [1.807, 2.05) is 0 Å². The Bertz CT molecular complexity index is 290. The number of hydrogen-bond donors (Lipinski definition) is 3. The van der Waals surface area contributed by atoms with Crippen molar-refractivity contribution in [3.05, 3.63) is 0 Å². The van der Waals surface area contributed by atoms with Gasteiger partial charge in [0.1, 0.15) is 0 Å². The average molecular weight is 254 g/mol. The number of urea groups is 1. The minimum absolute atomic E-state index is 0.131. The Morgan fingerprint density at radius 2 is 1.94 bits per heavy atom. The summed E-state index contributed by atoms with van der Waals surface area (Å²) in [6.45, 7) is 3.44. The Morgan fingerprint density at radius 3 is 2.56 bits per heavy atom. The zero-order valence-corrected chi connectivity index (χ0v) is 11.4. The van der Waals surface area contributed by atoms with Crippen molar-refractivity contribution in [1.82, 2.24) is 10.6 Å². The molecule has 2 aliphatic carbocycles. The van der Waals surface area contributed by atoms with Crippen LogP contribution in [0.25, 0.3) is 0 Å². The van der Waals surface area contributed by atoms with E-state index in [0.29, 0.717) is 12.5 Å². The molecular formula is C14H26N2O2. The predicted octanol–water partition coefficient (Wildman–Crippen LogP) is 2.03. The summed E-state index contributed by atoms with van der Waals surface area (Å²) >= 11 is 0. The molecule has 0 saturated heterocycles. The molecule has 0 aromatic heterocycles. The Kier molecular flexibility index (Phi) is 4.49. The Balaban J connectivity index is 1.62. The number of aliphatic hydroxyl groups is 1. The molecular weight excluding hydrogens is 228 g/mol. The van der Waals surface area contributed by atoms with Crippen LogP contribution in [0, 0.1) is 11.8 Å². The van der Waals surface area contributed by atoms with Gasteiger partial charge in [-0.3, -0.25) is 0 Å². The van der Waals surface area contributed by atoms with Crippen molar-refractivity contribution in [1.29, 1.82) is 0 Å². The van der Waals surface area contributed by atoms with E-state index in [1.54, 1.807) is 0 Å². The Labute approximate surface area is 110 Å². The van der Waals surface area contributed by atoms with Gasteiger partial charge in [0.25, 0.3) is 0 Å². The Morgan fingerprint density at radius 1 is 1.22 bits per heavy atom. The van der Waals surface area contributed by atoms with E-state index in [-0.39, 0.29) is 6.03 Å². The fourth-order valence-electron chi connectivity index (χ4n) is 2.99. The van der Waals surface area contributed by atoms with E-state index >= 15 is 0 Å². The van der Waals surface area contributed by atoms with Gasteiger partial charge in [-0.15, -0.1) is 0 Å². The second-order valence-electron chi connectivity index (χ2n) is 6.16. The summed E-state index contributed by atoms with van der Waals surface area (Å²) in [5, 5.41) is 15.6. The van der Waals surface area contributed by atoms with Gasteiger partial charge in [-0.05, 0) is 37.5 Å². The lowest BCUT2D eigenvalue weighted by Crippen LogP contribution is -2.50. The second kappa shape index (κ2) is 5.91. The topological polar surface area (TPSA) is 61.4 Å². The van der Waals surface area contributed by atoms with Gasteiger partial charge in [-0.2, -0.15) is 0 Å². The fraction of sp³-hybridized carbons (Fsp3) is 0.929. The average Bonchev–Trinajstić information content (AvgIpc) is 2.33. The van der Waals surface area contributed by atoms with Gasteiger partial charge in [-0.25, -0.2) is 4.79 Å². The first-order valence-electron chi connectivity index (χ1n) is 7.33. The number of carbonyl (C=O) groups is 1. The van der Waals surface area contributed by atoms with Gasteiger partial charge in [0.15, 0.2) is 0 Å². The molecule has 2 rings (SSSR count). The number of hydrogen-bond acceptors (Lipinski definition) is 2. The molecule has 4 nitrogen and oxygen atoms in total. The standard InChI is InChI=1S/C14H26N2O2/c1-11-5-2-3-6-12(11)9-15-13(17)16-10-14(18)7-4-8-14/h11-12,18H,2-10H2,1H3,(H2,15,16,17). The molecule has 3 N–H and O–H groups in total. The van der Waals surface area contributed by atoms with E-state index in [2.05, 4.69) is 17.6 Å². The quantitative estimate of drug-likeness (QED) is 0.719. The summed E-state index contributed by atoms with van der Waals surface area (Å²) in [6, 6.07) is -0.131. The van der Waals surface area contributed by atoms with Crippen LogP contribution in [-0.2, 0) is 0 Å². The van der Waals surface area contributed by atoms with Crippen LogP contribution < -0.4 is 10.6 Å². The summed E-state index contributed by atoms with van der Waals surface area (Å²) in [7, 11) is 0. The van der Waals surface area contributed by atoms with Crippen molar-refractivity contribution in [2.75, 3.05) is 13.1 Å². The van der Waals surface area contributed by atoms with Crippen LogP contribution in [-0.4, -0.2) is 29.8 Å². The van der Waals surface area contributed by atoms with Gasteiger partial charge in [0, 0.05) is 13.1 Å². The third kappa shape index (κ3) is 3.61. The minimum atomic E-state index is -0.629. The highest BCUT2D eigenvalue weighted by Gasteiger charge is 2.34. The molecule has 0 bridgehead atoms. The van der Waals surface area contributed by atoms with Gasteiger partial charge in [0.2, 0.25) is 0 Å². The summed E-state index contributed by atoms with van der Waals surface area (Å²) in [6.07, 6.45) is 7.83. The van der Waals surface area contributed by atoms with E-state index in [9.17, 15) is 9.90 Å². The van der Waals surface area contributed by atoms with Crippen molar-refractivity contribution in [3.63, 3.8) is 0 Å². The first-order chi connectivity index (χ1) is 8.59. The van der Waals surface area contributed by atoms with Crippen molar-refractivity contribution in [2.45, 2.75) is 57.5 Å². The third-order valence-electron chi connectivity index (χ3n) is 4.68. The van der Waals surface area contributed by atoms with Crippen LogP contribution in [0.5, 0.6) is 0 Å². The maximum Gasteiger partial charge on any atom is 0.314 e. The third-order valence-corrected chi connectivity index (χ3v) is 4.68. The van der Waals surface area contributed by atoms with Gasteiger partial charge < -0.3 is 15.7 Å². The first kappa shape index (κ1) is 13.7. The fourth-order valence-corrected chi connectivity index (χ4v) is 2.99. The zero-order chi connectivity index (χ0) is 13.0. The van der Waals surface area contributed by atoms with E-state index in [0.717, 1.165) is 31.7 Å². The monoisotopic (exact) mass is 254 g/mol. The normalized spacial score (nSPS) is 30.3. The summed E-state index contributed by atoms with van der Waals surface area (Å²) in [5.41, 5.74) is -0.629. The zero-order valence-electron chi connectivity index (χ0n) is 11.4. The van der Waals surface area contributed by atoms with Crippen LogP contribution in [0.2, 0.25) is 0 Å². The lowest BCUT2D eigenvalue weighted by molar-refractivity contribution is -0.0290. The smallest absolute Gasteiger partial charge is 0.314 e. The van der Waals surface area contributed by atoms with E-state index in [4.69, 9.17) is 0 Å². The van der Waals surface area contributed by atoms with Gasteiger partial charge >= 0.3 is 6.03 Å². The maximum absolute atomic E-state index is 11.6. The molecule has 0 heterocycles. The number of carbonyl (C=O) groups excluding carboxylic acids is 1. The van der Waals surface area contributed by atoms with Crippen molar-refractivity contribution in [2.24, 2.45) is 11.8 Å². The number of rotatable bonds is 4. The van der Waals surface area contributed by atoms with Crippen LogP contribution >= 0.6 is 0 Å². The summed E-state index contributed by atoms with van der Waals surface area (Å²) in [4.78, 5) is 11.6. The lowest BCUT2D eigenvalue weighted by Gasteiger charge is -2.36. The van der Waals surface area contributed by atoms with Crippen molar-refractivity contribution < 1.29 is 9.90 Å².